The van der Waals surface area contributed by atoms with E-state index in [9.17, 15) is 23.5 Å². The summed E-state index contributed by atoms with van der Waals surface area (Å²) in [7, 11) is 0. The van der Waals surface area contributed by atoms with E-state index < -0.39 is 17.8 Å². The molecule has 2 heterocycles. The highest BCUT2D eigenvalue weighted by Crippen LogP contribution is 2.32. The molecule has 0 radical (unpaired) electrons. The third-order valence-corrected chi connectivity index (χ3v) is 7.34. The first-order chi connectivity index (χ1) is 19.1. The zero-order chi connectivity index (χ0) is 28.4. The third-order valence-electron chi connectivity index (χ3n) is 7.34. The maximum absolute atomic E-state index is 12.8. The monoisotopic (exact) mass is 548 g/mol. The maximum atomic E-state index is 12.8. The molecule has 0 spiro atoms. The van der Waals surface area contributed by atoms with Gasteiger partial charge in [0.1, 0.15) is 5.52 Å². The molecule has 1 aliphatic heterocycles. The van der Waals surface area contributed by atoms with Gasteiger partial charge in [0.15, 0.2) is 5.58 Å². The topological polar surface area (TPSA) is 76.5 Å². The van der Waals surface area contributed by atoms with Crippen molar-refractivity contribution in [2.75, 3.05) is 37.6 Å². The molecule has 40 heavy (non-hydrogen) atoms. The molecule has 1 saturated heterocycles. The van der Waals surface area contributed by atoms with Crippen molar-refractivity contribution in [2.45, 2.75) is 38.5 Å². The van der Waals surface area contributed by atoms with Crippen molar-refractivity contribution < 1.29 is 22.7 Å². The number of anilines is 1. The Morgan fingerprint density at radius 2 is 1.68 bits per heavy atom. The molecule has 6 nitrogen and oxygen atoms in total. The number of rotatable bonds is 7. The molecule has 1 fully saturated rings. The largest absolute Gasteiger partial charge is 0.436 e. The molecule has 0 bridgehead atoms. The van der Waals surface area contributed by atoms with E-state index in [1.165, 1.54) is 12.1 Å². The minimum Gasteiger partial charge on any atom is -0.436 e. The van der Waals surface area contributed by atoms with Crippen LogP contribution in [0.4, 0.5) is 18.9 Å². The number of fused-ring (bicyclic) bond motifs is 1. The van der Waals surface area contributed by atoms with Crippen molar-refractivity contribution >= 4 is 16.8 Å². The first-order valence-corrected chi connectivity index (χ1v) is 13.4. The first kappa shape index (κ1) is 27.7. The van der Waals surface area contributed by atoms with E-state index in [-0.39, 0.29) is 5.92 Å². The minimum absolute atomic E-state index is 0.188. The van der Waals surface area contributed by atoms with E-state index in [0.717, 1.165) is 47.6 Å². The number of nitriles is 1. The lowest BCUT2D eigenvalue weighted by molar-refractivity contribution is -0.137. The van der Waals surface area contributed by atoms with Gasteiger partial charge in [-0.25, -0.2) is 4.98 Å². The van der Waals surface area contributed by atoms with Gasteiger partial charge in [-0.3, -0.25) is 4.90 Å². The number of alkyl halides is 3. The first-order valence-electron chi connectivity index (χ1n) is 13.4. The van der Waals surface area contributed by atoms with Gasteiger partial charge in [0.05, 0.1) is 23.3 Å². The van der Waals surface area contributed by atoms with Gasteiger partial charge >= 0.3 is 6.18 Å². The van der Waals surface area contributed by atoms with Crippen molar-refractivity contribution in [2.24, 2.45) is 0 Å². The molecule has 1 N–H and O–H groups in total. The number of hydrogen-bond acceptors (Lipinski definition) is 6. The van der Waals surface area contributed by atoms with Crippen molar-refractivity contribution in [3.8, 4) is 17.5 Å². The van der Waals surface area contributed by atoms with Crippen LogP contribution < -0.4 is 4.90 Å². The summed E-state index contributed by atoms with van der Waals surface area (Å²) in [6, 6.07) is 18.8. The number of oxazole rings is 1. The Balaban J connectivity index is 1.16. The van der Waals surface area contributed by atoms with Crippen molar-refractivity contribution in [3.05, 3.63) is 82.9 Å². The number of aliphatic hydroxyl groups excluding tert-OH is 1. The normalized spacial score (nSPS) is 15.5. The average Bonchev–Trinajstić information content (AvgIpc) is 3.37. The number of benzene rings is 3. The van der Waals surface area contributed by atoms with Crippen LogP contribution in [0.1, 0.15) is 42.0 Å². The molecular formula is C31H31F3N4O2. The molecule has 3 aromatic carbocycles. The van der Waals surface area contributed by atoms with E-state index in [1.54, 1.807) is 6.07 Å². The highest BCUT2D eigenvalue weighted by Gasteiger charge is 2.30. The van der Waals surface area contributed by atoms with Crippen LogP contribution in [0.5, 0.6) is 0 Å². The smallest absolute Gasteiger partial charge is 0.416 e. The molecule has 0 aliphatic carbocycles. The Labute approximate surface area is 231 Å². The van der Waals surface area contributed by atoms with Crippen LogP contribution in [0, 0.1) is 11.3 Å². The van der Waals surface area contributed by atoms with Crippen molar-refractivity contribution in [1.82, 2.24) is 9.88 Å². The van der Waals surface area contributed by atoms with Crippen LogP contribution in [-0.4, -0.2) is 53.8 Å². The minimum atomic E-state index is -4.33. The Morgan fingerprint density at radius 1 is 1.00 bits per heavy atom. The van der Waals surface area contributed by atoms with Crippen LogP contribution in [0.2, 0.25) is 0 Å². The molecule has 0 amide bonds. The molecule has 1 unspecified atom stereocenters. The van der Waals surface area contributed by atoms with Gasteiger partial charge in [-0.05, 0) is 66.4 Å². The lowest BCUT2D eigenvalue weighted by Crippen LogP contribution is -2.48. The molecule has 4 aromatic rings. The highest BCUT2D eigenvalue weighted by atomic mass is 19.4. The molecular weight excluding hydrogens is 517 g/mol. The van der Waals surface area contributed by atoms with Gasteiger partial charge in [-0.15, -0.1) is 0 Å². The third kappa shape index (κ3) is 6.14. The van der Waals surface area contributed by atoms with E-state index >= 15 is 0 Å². The summed E-state index contributed by atoms with van der Waals surface area (Å²) in [6.07, 6.45) is -4.39. The lowest BCUT2D eigenvalue weighted by atomic mass is 10.00. The second-order valence-electron chi connectivity index (χ2n) is 10.6. The zero-order valence-corrected chi connectivity index (χ0v) is 22.4. The molecule has 208 valence electrons. The Kier molecular flexibility index (Phi) is 7.83. The highest BCUT2D eigenvalue weighted by molar-refractivity contribution is 5.81. The van der Waals surface area contributed by atoms with Gasteiger partial charge in [-0.1, -0.05) is 26.0 Å². The zero-order valence-electron chi connectivity index (χ0n) is 22.4. The van der Waals surface area contributed by atoms with E-state index in [0.29, 0.717) is 48.6 Å². The van der Waals surface area contributed by atoms with Crippen LogP contribution in [0.3, 0.4) is 0 Å². The summed E-state index contributed by atoms with van der Waals surface area (Å²) >= 11 is 0. The maximum Gasteiger partial charge on any atom is 0.416 e. The standard InChI is InChI=1S/C31H31F3N4O2/c1-20(2)27-16-22(18-35)17-28-29(27)40-30(36-28)23-5-3-21(4-6-23)15-26(39)19-37-11-13-38(14-12-37)25-9-7-24(8-10-25)31(32,33)34/h3-10,16-17,20,26,39H,11-15,19H2,1-2H3. The number of nitrogens with zero attached hydrogens (tertiary/aromatic N) is 4. The van der Waals surface area contributed by atoms with E-state index in [2.05, 4.69) is 34.7 Å². The molecule has 0 saturated carbocycles. The Hall–Kier alpha value is -3.87. The summed E-state index contributed by atoms with van der Waals surface area (Å²) in [5.41, 5.74) is 4.81. The van der Waals surface area contributed by atoms with Crippen molar-refractivity contribution in [3.63, 3.8) is 0 Å². The van der Waals surface area contributed by atoms with Crippen LogP contribution in [0.15, 0.2) is 65.1 Å². The fourth-order valence-electron chi connectivity index (χ4n) is 5.14. The summed E-state index contributed by atoms with van der Waals surface area (Å²) in [4.78, 5) is 8.87. The van der Waals surface area contributed by atoms with E-state index in [1.807, 2.05) is 30.3 Å². The second-order valence-corrected chi connectivity index (χ2v) is 10.6. The number of aromatic nitrogens is 1. The van der Waals surface area contributed by atoms with Gasteiger partial charge in [-0.2, -0.15) is 18.4 Å². The fourth-order valence-corrected chi connectivity index (χ4v) is 5.14. The quantitative estimate of drug-likeness (QED) is 0.295. The SMILES string of the molecule is CC(C)c1cc(C#N)cc2nc(-c3ccc(CC(O)CN4CCN(c5ccc(C(F)(F)F)cc5)CC4)cc3)oc12. The summed E-state index contributed by atoms with van der Waals surface area (Å²) in [6.45, 7) is 7.44. The number of β-amino-alcohol motifs (C(OH)–C–C–N with tert-alkyl or cyclic N) is 1. The second kappa shape index (κ2) is 11.3. The predicted molar refractivity (Wildman–Crippen MR) is 148 cm³/mol. The van der Waals surface area contributed by atoms with Gasteiger partial charge in [0.25, 0.3) is 0 Å². The van der Waals surface area contributed by atoms with Gasteiger partial charge in [0.2, 0.25) is 5.89 Å². The molecule has 1 aliphatic rings. The van der Waals surface area contributed by atoms with Crippen LogP contribution >= 0.6 is 0 Å². The van der Waals surface area contributed by atoms with Crippen molar-refractivity contribution in [1.29, 1.82) is 5.26 Å². The van der Waals surface area contributed by atoms with Gasteiger partial charge in [0, 0.05) is 49.5 Å². The number of hydrogen-bond donors (Lipinski definition) is 1. The summed E-state index contributed by atoms with van der Waals surface area (Å²) < 4.78 is 44.6. The van der Waals surface area contributed by atoms with Gasteiger partial charge < -0.3 is 14.4 Å². The number of halogens is 3. The number of aliphatic hydroxyl groups is 1. The average molecular weight is 549 g/mol. The molecule has 5 rings (SSSR count). The Morgan fingerprint density at radius 3 is 2.27 bits per heavy atom. The van der Waals surface area contributed by atoms with E-state index in [4.69, 9.17) is 4.42 Å². The molecule has 1 aromatic heterocycles. The van der Waals surface area contributed by atoms with Crippen LogP contribution in [-0.2, 0) is 12.6 Å². The predicted octanol–water partition coefficient (Wildman–Crippen LogP) is 6.23. The Bertz CT molecular complexity index is 1500. The fraction of sp³-hybridized carbons (Fsp3) is 0.355. The molecule has 9 heteroatoms. The summed E-state index contributed by atoms with van der Waals surface area (Å²) in [5.74, 6) is 0.679. The van der Waals surface area contributed by atoms with Crippen LogP contribution in [0.25, 0.3) is 22.6 Å². The summed E-state index contributed by atoms with van der Waals surface area (Å²) in [5, 5.41) is 20.1. The lowest BCUT2D eigenvalue weighted by Gasteiger charge is -2.37. The molecule has 1 atom stereocenters. The number of piperazine rings is 1.